The lowest BCUT2D eigenvalue weighted by molar-refractivity contribution is 0.249. The first-order valence-electron chi connectivity index (χ1n) is 8.65. The van der Waals surface area contributed by atoms with Gasteiger partial charge in [-0.1, -0.05) is 48.4 Å². The molecular formula is C21H20OS. The smallest absolute Gasteiger partial charge is 0.134 e. The van der Waals surface area contributed by atoms with E-state index >= 15 is 0 Å². The number of allylic oxidation sites excluding steroid dienone is 2. The summed E-state index contributed by atoms with van der Waals surface area (Å²) in [6.07, 6.45) is 11.5. The van der Waals surface area contributed by atoms with Crippen molar-refractivity contribution < 1.29 is 4.74 Å². The Labute approximate surface area is 141 Å². The van der Waals surface area contributed by atoms with Crippen LogP contribution < -0.4 is 4.74 Å². The van der Waals surface area contributed by atoms with E-state index < -0.39 is 0 Å². The highest BCUT2D eigenvalue weighted by Gasteiger charge is 2.36. The van der Waals surface area contributed by atoms with E-state index in [0.717, 1.165) is 5.75 Å². The van der Waals surface area contributed by atoms with Crippen molar-refractivity contribution in [1.82, 2.24) is 0 Å². The predicted molar refractivity (Wildman–Crippen MR) is 97.3 cm³/mol. The van der Waals surface area contributed by atoms with Crippen LogP contribution in [0.25, 0.3) is 10.8 Å². The van der Waals surface area contributed by atoms with Crippen LogP contribution in [-0.2, 0) is 0 Å². The van der Waals surface area contributed by atoms with E-state index in [1.807, 2.05) is 11.8 Å². The van der Waals surface area contributed by atoms with Crippen LogP contribution >= 0.6 is 11.8 Å². The number of rotatable bonds is 0. The highest BCUT2D eigenvalue weighted by Crippen LogP contribution is 2.49. The largest absolute Gasteiger partial charge is 0.484 e. The molecule has 0 amide bonds. The third kappa shape index (κ3) is 2.23. The standard InChI is InChI=1S/C21H20OS/c1-2-6-14(7-3-1)17-11-13-19-21(17)23-20-16-9-5-4-8-15(16)10-12-18(20)22-19/h4-5,8-13,19,21H,1-3,6-7H2/t19-,21+/m1/s1. The minimum absolute atomic E-state index is 0.207. The van der Waals surface area contributed by atoms with Gasteiger partial charge in [-0.05, 0) is 54.2 Å². The van der Waals surface area contributed by atoms with Crippen molar-refractivity contribution in [2.24, 2.45) is 0 Å². The molecule has 0 radical (unpaired) electrons. The summed E-state index contributed by atoms with van der Waals surface area (Å²) < 4.78 is 6.34. The van der Waals surface area contributed by atoms with Gasteiger partial charge in [0.1, 0.15) is 11.9 Å². The molecule has 5 rings (SSSR count). The second kappa shape index (κ2) is 5.45. The second-order valence-corrected chi connectivity index (χ2v) is 7.87. The Balaban J connectivity index is 1.59. The van der Waals surface area contributed by atoms with Crippen LogP contribution in [0.1, 0.15) is 32.1 Å². The summed E-state index contributed by atoms with van der Waals surface area (Å²) in [5, 5.41) is 3.08. The topological polar surface area (TPSA) is 9.23 Å². The van der Waals surface area contributed by atoms with E-state index in [4.69, 9.17) is 4.74 Å². The molecule has 1 aliphatic heterocycles. The van der Waals surface area contributed by atoms with Gasteiger partial charge in [0, 0.05) is 0 Å². The maximum Gasteiger partial charge on any atom is 0.134 e. The highest BCUT2D eigenvalue weighted by molar-refractivity contribution is 8.00. The van der Waals surface area contributed by atoms with Crippen molar-refractivity contribution in [3.05, 3.63) is 59.7 Å². The first-order valence-corrected chi connectivity index (χ1v) is 9.53. The number of benzene rings is 2. The quantitative estimate of drug-likeness (QED) is 0.598. The fourth-order valence-electron chi connectivity index (χ4n) is 4.10. The minimum Gasteiger partial charge on any atom is -0.484 e. The third-order valence-electron chi connectivity index (χ3n) is 5.29. The Hall–Kier alpha value is -1.67. The van der Waals surface area contributed by atoms with E-state index in [9.17, 15) is 0 Å². The van der Waals surface area contributed by atoms with Gasteiger partial charge in [-0.3, -0.25) is 0 Å². The summed E-state index contributed by atoms with van der Waals surface area (Å²) in [6, 6.07) is 13.0. The zero-order chi connectivity index (χ0) is 15.2. The maximum absolute atomic E-state index is 6.34. The third-order valence-corrected chi connectivity index (χ3v) is 6.72. The zero-order valence-corrected chi connectivity index (χ0v) is 13.9. The lowest BCUT2D eigenvalue weighted by Gasteiger charge is -2.31. The van der Waals surface area contributed by atoms with Gasteiger partial charge >= 0.3 is 0 Å². The lowest BCUT2D eigenvalue weighted by Crippen LogP contribution is -2.29. The number of ether oxygens (including phenoxy) is 1. The number of fused-ring (bicyclic) bond motifs is 4. The molecule has 0 unspecified atom stereocenters. The fourth-order valence-corrected chi connectivity index (χ4v) is 5.55. The molecular weight excluding hydrogens is 300 g/mol. The van der Waals surface area contributed by atoms with Crippen molar-refractivity contribution >= 4 is 22.5 Å². The number of thioether (sulfide) groups is 1. The molecule has 1 nitrogen and oxygen atoms in total. The zero-order valence-electron chi connectivity index (χ0n) is 13.1. The Kier molecular flexibility index (Phi) is 3.26. The second-order valence-electron chi connectivity index (χ2n) is 6.71. The molecule has 23 heavy (non-hydrogen) atoms. The summed E-state index contributed by atoms with van der Waals surface area (Å²) in [5.41, 5.74) is 3.23. The SMILES string of the molecule is C1=C[C@H]2Oc3ccc4ccccc4c3S[C@H]2C1=C1CCCCC1. The van der Waals surface area contributed by atoms with Gasteiger partial charge in [-0.2, -0.15) is 0 Å². The van der Waals surface area contributed by atoms with Crippen LogP contribution in [0.2, 0.25) is 0 Å². The molecule has 3 aliphatic rings. The summed E-state index contributed by atoms with van der Waals surface area (Å²) in [4.78, 5) is 1.32. The van der Waals surface area contributed by atoms with Crippen LogP contribution in [0.4, 0.5) is 0 Å². The summed E-state index contributed by atoms with van der Waals surface area (Å²) in [6.45, 7) is 0. The Morgan fingerprint density at radius 2 is 1.83 bits per heavy atom. The van der Waals surface area contributed by atoms with Crippen LogP contribution in [0, 0.1) is 0 Å². The Morgan fingerprint density at radius 1 is 0.957 bits per heavy atom. The van der Waals surface area contributed by atoms with Crippen LogP contribution in [0.15, 0.2) is 64.6 Å². The van der Waals surface area contributed by atoms with Gasteiger partial charge in [-0.15, -0.1) is 11.8 Å². The monoisotopic (exact) mass is 320 g/mol. The van der Waals surface area contributed by atoms with Crippen molar-refractivity contribution in [3.63, 3.8) is 0 Å². The molecule has 2 atom stereocenters. The van der Waals surface area contributed by atoms with E-state index in [0.29, 0.717) is 5.25 Å². The molecule has 0 N–H and O–H groups in total. The molecule has 2 aromatic rings. The van der Waals surface area contributed by atoms with E-state index in [1.165, 1.54) is 47.8 Å². The van der Waals surface area contributed by atoms with Gasteiger partial charge in [0.15, 0.2) is 0 Å². The summed E-state index contributed by atoms with van der Waals surface area (Å²) in [5.74, 6) is 1.05. The fraction of sp³-hybridized carbons (Fsp3) is 0.333. The molecule has 0 bridgehead atoms. The van der Waals surface area contributed by atoms with Gasteiger partial charge in [-0.25, -0.2) is 0 Å². The van der Waals surface area contributed by atoms with Crippen molar-refractivity contribution in [2.45, 2.75) is 48.4 Å². The van der Waals surface area contributed by atoms with E-state index in [-0.39, 0.29) is 6.10 Å². The van der Waals surface area contributed by atoms with Gasteiger partial charge in [0.05, 0.1) is 10.1 Å². The van der Waals surface area contributed by atoms with Crippen molar-refractivity contribution in [2.75, 3.05) is 0 Å². The molecule has 1 fully saturated rings. The molecule has 0 spiro atoms. The van der Waals surface area contributed by atoms with Gasteiger partial charge in [0.2, 0.25) is 0 Å². The molecule has 0 saturated heterocycles. The Morgan fingerprint density at radius 3 is 2.74 bits per heavy atom. The molecule has 0 aromatic heterocycles. The lowest BCUT2D eigenvalue weighted by atomic mass is 9.90. The predicted octanol–water partition coefficient (Wildman–Crippen LogP) is 5.89. The first kappa shape index (κ1) is 13.7. The molecule has 1 heterocycles. The normalized spacial score (nSPS) is 26.1. The van der Waals surface area contributed by atoms with Gasteiger partial charge < -0.3 is 4.74 Å². The molecule has 1 saturated carbocycles. The highest BCUT2D eigenvalue weighted by atomic mass is 32.2. The Bertz CT molecular complexity index is 825. The minimum atomic E-state index is 0.207. The van der Waals surface area contributed by atoms with E-state index in [1.54, 1.807) is 11.1 Å². The summed E-state index contributed by atoms with van der Waals surface area (Å²) in [7, 11) is 0. The molecule has 2 aromatic carbocycles. The average Bonchev–Trinajstić information content (AvgIpc) is 3.03. The van der Waals surface area contributed by atoms with E-state index in [2.05, 4.69) is 48.6 Å². The maximum atomic E-state index is 6.34. The molecule has 2 aliphatic carbocycles. The van der Waals surface area contributed by atoms with Gasteiger partial charge in [0.25, 0.3) is 0 Å². The molecule has 2 heteroatoms. The number of hydrogen-bond donors (Lipinski definition) is 0. The van der Waals surface area contributed by atoms with Crippen molar-refractivity contribution in [3.8, 4) is 5.75 Å². The average molecular weight is 320 g/mol. The van der Waals surface area contributed by atoms with Crippen LogP contribution in [0.3, 0.4) is 0 Å². The summed E-state index contributed by atoms with van der Waals surface area (Å²) >= 11 is 2.01. The van der Waals surface area contributed by atoms with Crippen LogP contribution in [0.5, 0.6) is 5.75 Å². The van der Waals surface area contributed by atoms with Crippen LogP contribution in [-0.4, -0.2) is 11.4 Å². The molecule has 116 valence electrons. The first-order chi connectivity index (χ1) is 11.4. The number of hydrogen-bond acceptors (Lipinski definition) is 2. The van der Waals surface area contributed by atoms with Crippen molar-refractivity contribution in [1.29, 1.82) is 0 Å².